The number of carbonyl (C=O) groups excluding carboxylic acids is 1. The summed E-state index contributed by atoms with van der Waals surface area (Å²) in [6.07, 6.45) is 0.984. The van der Waals surface area contributed by atoms with Gasteiger partial charge in [0.25, 0.3) is 5.91 Å². The van der Waals surface area contributed by atoms with Crippen LogP contribution in [0.5, 0.6) is 5.75 Å². The van der Waals surface area contributed by atoms with Gasteiger partial charge in [-0.05, 0) is 42.3 Å². The number of nitrogens with one attached hydrogen (secondary N) is 2. The molecule has 1 aliphatic rings. The average Bonchev–Trinajstić information content (AvgIpc) is 3.24. The lowest BCUT2D eigenvalue weighted by Gasteiger charge is -2.22. The molecule has 1 heterocycles. The van der Waals surface area contributed by atoms with E-state index in [-0.39, 0.29) is 35.9 Å². The van der Waals surface area contributed by atoms with Gasteiger partial charge in [-0.3, -0.25) is 9.79 Å². The molecule has 0 saturated carbocycles. The van der Waals surface area contributed by atoms with Crippen molar-refractivity contribution < 1.29 is 9.53 Å². The molecule has 1 amide bonds. The molecule has 174 valence electrons. The summed E-state index contributed by atoms with van der Waals surface area (Å²) < 4.78 is 5.49. The van der Waals surface area contributed by atoms with Crippen LogP contribution in [-0.2, 0) is 6.54 Å². The van der Waals surface area contributed by atoms with Crippen molar-refractivity contribution in [3.63, 3.8) is 0 Å². The molecule has 3 rings (SSSR count). The van der Waals surface area contributed by atoms with Crippen LogP contribution in [-0.4, -0.2) is 64.2 Å². The van der Waals surface area contributed by atoms with Crippen molar-refractivity contribution in [2.24, 2.45) is 4.99 Å². The van der Waals surface area contributed by atoms with Crippen LogP contribution in [0.25, 0.3) is 0 Å². The lowest BCUT2D eigenvalue weighted by molar-refractivity contribution is 0.0827. The van der Waals surface area contributed by atoms with Gasteiger partial charge in [0.2, 0.25) is 0 Å². The van der Waals surface area contributed by atoms with E-state index in [1.807, 2.05) is 42.5 Å². The molecular weight excluding hydrogens is 541 g/mol. The van der Waals surface area contributed by atoms with Crippen molar-refractivity contribution in [1.29, 1.82) is 0 Å². The number of methoxy groups -OCH3 is 1. The molecule has 1 aliphatic heterocycles. The second-order valence-electron chi connectivity index (χ2n) is 7.71. The second kappa shape index (κ2) is 12.2. The molecule has 0 aliphatic carbocycles. The maximum absolute atomic E-state index is 12.0. The van der Waals surface area contributed by atoms with Crippen molar-refractivity contribution in [3.05, 3.63) is 58.6 Å². The summed E-state index contributed by atoms with van der Waals surface area (Å²) in [5.41, 5.74) is 2.77. The smallest absolute Gasteiger partial charge is 0.253 e. The minimum Gasteiger partial charge on any atom is -0.495 e. The summed E-state index contributed by atoms with van der Waals surface area (Å²) in [6.45, 7) is 2.36. The van der Waals surface area contributed by atoms with Crippen molar-refractivity contribution in [3.8, 4) is 5.75 Å². The second-order valence-corrected chi connectivity index (χ2v) is 8.15. The molecule has 1 saturated heterocycles. The summed E-state index contributed by atoms with van der Waals surface area (Å²) in [7, 11) is 6.94. The van der Waals surface area contributed by atoms with E-state index in [0.717, 1.165) is 42.5 Å². The van der Waals surface area contributed by atoms with E-state index in [0.29, 0.717) is 17.1 Å². The van der Waals surface area contributed by atoms with Crippen molar-refractivity contribution >= 4 is 53.1 Å². The largest absolute Gasteiger partial charge is 0.495 e. The zero-order valence-corrected chi connectivity index (χ0v) is 22.0. The summed E-state index contributed by atoms with van der Waals surface area (Å²) in [5.74, 6) is 1.57. The summed E-state index contributed by atoms with van der Waals surface area (Å²) in [5, 5.41) is 7.54. The molecule has 32 heavy (non-hydrogen) atoms. The number of hydrogen-bond donors (Lipinski definition) is 2. The van der Waals surface area contributed by atoms with E-state index in [4.69, 9.17) is 16.3 Å². The van der Waals surface area contributed by atoms with Crippen molar-refractivity contribution in [2.45, 2.75) is 19.0 Å². The highest BCUT2D eigenvalue weighted by Crippen LogP contribution is 2.33. The topological polar surface area (TPSA) is 69.2 Å². The monoisotopic (exact) mass is 571 g/mol. The first-order valence-corrected chi connectivity index (χ1v) is 10.7. The van der Waals surface area contributed by atoms with Gasteiger partial charge >= 0.3 is 0 Å². The van der Waals surface area contributed by atoms with Crippen LogP contribution in [0.4, 0.5) is 5.69 Å². The maximum Gasteiger partial charge on any atom is 0.253 e. The molecule has 1 fully saturated rings. The molecule has 1 atom stereocenters. The van der Waals surface area contributed by atoms with E-state index in [1.165, 1.54) is 0 Å². The number of amides is 1. The Morgan fingerprint density at radius 2 is 1.97 bits per heavy atom. The summed E-state index contributed by atoms with van der Waals surface area (Å²) in [6, 6.07) is 13.6. The third-order valence-corrected chi connectivity index (χ3v) is 5.54. The van der Waals surface area contributed by atoms with E-state index >= 15 is 0 Å². The van der Waals surface area contributed by atoms with E-state index in [9.17, 15) is 4.79 Å². The van der Waals surface area contributed by atoms with Crippen LogP contribution in [0.15, 0.2) is 47.5 Å². The lowest BCUT2D eigenvalue weighted by atomic mass is 10.1. The first-order valence-electron chi connectivity index (χ1n) is 10.3. The van der Waals surface area contributed by atoms with Gasteiger partial charge in [-0.1, -0.05) is 23.7 Å². The number of carbonyl (C=O) groups is 1. The third kappa shape index (κ3) is 6.65. The van der Waals surface area contributed by atoms with Crippen LogP contribution in [0.3, 0.4) is 0 Å². The molecule has 9 heteroatoms. The van der Waals surface area contributed by atoms with Gasteiger partial charge in [0, 0.05) is 57.4 Å². The number of nitrogens with zero attached hydrogens (tertiary/aromatic N) is 3. The van der Waals surface area contributed by atoms with Crippen LogP contribution in [0.1, 0.15) is 22.3 Å². The number of rotatable bonds is 6. The summed E-state index contributed by atoms with van der Waals surface area (Å²) >= 11 is 6.19. The fraction of sp³-hybridized carbons (Fsp3) is 0.391. The van der Waals surface area contributed by atoms with Crippen LogP contribution in [0.2, 0.25) is 5.02 Å². The predicted molar refractivity (Wildman–Crippen MR) is 142 cm³/mol. The van der Waals surface area contributed by atoms with Gasteiger partial charge in [-0.25, -0.2) is 0 Å². The molecule has 0 radical (unpaired) electrons. The molecule has 2 aromatic carbocycles. The molecule has 0 spiro atoms. The minimum absolute atomic E-state index is 0. The highest BCUT2D eigenvalue weighted by molar-refractivity contribution is 14.0. The zero-order chi connectivity index (χ0) is 22.4. The number of benzene rings is 2. The van der Waals surface area contributed by atoms with Crippen LogP contribution < -0.4 is 20.3 Å². The Kier molecular flexibility index (Phi) is 9.89. The normalized spacial score (nSPS) is 15.7. The average molecular weight is 572 g/mol. The van der Waals surface area contributed by atoms with Gasteiger partial charge in [0.15, 0.2) is 5.96 Å². The SMILES string of the molecule is CN=C(NCc1ccc(C(=O)N(C)C)cc1)NC1CCN(c2cc(Cl)ccc2OC)C1.I. The van der Waals surface area contributed by atoms with Gasteiger partial charge < -0.3 is 25.2 Å². The lowest BCUT2D eigenvalue weighted by Crippen LogP contribution is -2.44. The quantitative estimate of drug-likeness (QED) is 0.315. The highest BCUT2D eigenvalue weighted by Gasteiger charge is 2.25. The Hall–Kier alpha value is -2.20. The molecule has 0 aromatic heterocycles. The van der Waals surface area contributed by atoms with Crippen molar-refractivity contribution in [1.82, 2.24) is 15.5 Å². The van der Waals surface area contributed by atoms with Crippen LogP contribution >= 0.6 is 35.6 Å². The van der Waals surface area contributed by atoms with Gasteiger partial charge in [0.1, 0.15) is 5.75 Å². The first kappa shape index (κ1) is 26.1. The Bertz CT molecular complexity index is 936. The Balaban J connectivity index is 0.00000363. The molecular formula is C23H31ClIN5O2. The fourth-order valence-electron chi connectivity index (χ4n) is 3.60. The fourth-order valence-corrected chi connectivity index (χ4v) is 3.77. The van der Waals surface area contributed by atoms with Crippen LogP contribution in [0, 0.1) is 0 Å². The van der Waals surface area contributed by atoms with E-state index in [2.05, 4.69) is 20.5 Å². The molecule has 2 aromatic rings. The number of guanidine groups is 1. The number of hydrogen-bond acceptors (Lipinski definition) is 4. The predicted octanol–water partition coefficient (Wildman–Crippen LogP) is 3.61. The van der Waals surface area contributed by atoms with Crippen molar-refractivity contribution in [2.75, 3.05) is 46.2 Å². The number of anilines is 1. The molecule has 0 bridgehead atoms. The number of aliphatic imine (C=N–C) groups is 1. The number of ether oxygens (including phenoxy) is 1. The summed E-state index contributed by atoms with van der Waals surface area (Å²) in [4.78, 5) is 20.2. The Morgan fingerprint density at radius 3 is 2.59 bits per heavy atom. The zero-order valence-electron chi connectivity index (χ0n) is 18.9. The Morgan fingerprint density at radius 1 is 1.25 bits per heavy atom. The van der Waals surface area contributed by atoms with Gasteiger partial charge in [0.05, 0.1) is 12.8 Å². The molecule has 7 nitrogen and oxygen atoms in total. The standard InChI is InChI=1S/C23H30ClN5O2.HI/c1-25-23(26-14-16-5-7-17(8-6-16)22(30)28(2)3)27-19-11-12-29(15-19)20-13-18(24)9-10-21(20)31-4;/h5-10,13,19H,11-12,14-15H2,1-4H3,(H2,25,26,27);1H. The molecule has 2 N–H and O–H groups in total. The molecule has 1 unspecified atom stereocenters. The number of halogens is 2. The highest BCUT2D eigenvalue weighted by atomic mass is 127. The van der Waals surface area contributed by atoms with E-state index < -0.39 is 0 Å². The Labute approximate surface area is 212 Å². The first-order chi connectivity index (χ1) is 14.9. The van der Waals surface area contributed by atoms with Gasteiger partial charge in [-0.15, -0.1) is 24.0 Å². The van der Waals surface area contributed by atoms with Gasteiger partial charge in [-0.2, -0.15) is 0 Å². The minimum atomic E-state index is -0.000827. The third-order valence-electron chi connectivity index (χ3n) is 5.30. The van der Waals surface area contributed by atoms with E-state index in [1.54, 1.807) is 33.2 Å². The maximum atomic E-state index is 12.0.